The Bertz CT molecular complexity index is 949. The molecule has 6 heteroatoms. The molecule has 0 amide bonds. The summed E-state index contributed by atoms with van der Waals surface area (Å²) in [6.45, 7) is 6.67. The van der Waals surface area contributed by atoms with Crippen molar-refractivity contribution in [2.75, 3.05) is 20.2 Å². The lowest BCUT2D eigenvalue weighted by molar-refractivity contribution is 0.289. The average molecular weight is 382 g/mol. The Labute approximate surface area is 157 Å². The number of fused-ring (bicyclic) bond motifs is 2. The van der Waals surface area contributed by atoms with Gasteiger partial charge in [-0.05, 0) is 37.4 Å². The zero-order valence-electron chi connectivity index (χ0n) is 14.5. The summed E-state index contributed by atoms with van der Waals surface area (Å²) in [6.07, 6.45) is 0. The van der Waals surface area contributed by atoms with Gasteiger partial charge in [0, 0.05) is 17.6 Å². The molecule has 3 rings (SSSR count). The summed E-state index contributed by atoms with van der Waals surface area (Å²) in [5, 5.41) is 1.64. The molecule has 2 aromatic carbocycles. The molecule has 0 spiro atoms. The van der Waals surface area contributed by atoms with Gasteiger partial charge in [-0.15, -0.1) is 12.4 Å². The number of hydrogen-bond acceptors (Lipinski definition) is 4. The van der Waals surface area contributed by atoms with E-state index >= 15 is 0 Å². The number of hydrogen-bond donors (Lipinski definition) is 0. The van der Waals surface area contributed by atoms with Gasteiger partial charge in [-0.1, -0.05) is 25.4 Å². The zero-order chi connectivity index (χ0) is 17.3. The Balaban J connectivity index is 0.00000225. The predicted octanol–water partition coefficient (Wildman–Crippen LogP) is 4.87. The minimum Gasteiger partial charge on any atom is -0.496 e. The molecule has 0 bridgehead atoms. The number of ether oxygens (including phenoxy) is 1. The summed E-state index contributed by atoms with van der Waals surface area (Å²) < 4.78 is 11.6. The maximum absolute atomic E-state index is 12.8. The smallest absolute Gasteiger partial charge is 0.200 e. The fourth-order valence-electron chi connectivity index (χ4n) is 2.94. The van der Waals surface area contributed by atoms with Crippen LogP contribution in [0.5, 0.6) is 5.75 Å². The molecule has 0 saturated heterocycles. The van der Waals surface area contributed by atoms with Gasteiger partial charge in [-0.25, -0.2) is 0 Å². The van der Waals surface area contributed by atoms with Gasteiger partial charge in [0.25, 0.3) is 0 Å². The lowest BCUT2D eigenvalue weighted by atomic mass is 10.1. The van der Waals surface area contributed by atoms with Gasteiger partial charge in [0.05, 0.1) is 23.4 Å². The maximum Gasteiger partial charge on any atom is 0.200 e. The quantitative estimate of drug-likeness (QED) is 0.591. The van der Waals surface area contributed by atoms with Crippen LogP contribution in [0.2, 0.25) is 5.02 Å². The van der Waals surface area contributed by atoms with Crippen LogP contribution in [-0.4, -0.2) is 25.1 Å². The van der Waals surface area contributed by atoms with Crippen molar-refractivity contribution in [2.24, 2.45) is 0 Å². The molecule has 0 unspecified atom stereocenters. The third-order valence-corrected chi connectivity index (χ3v) is 4.59. The Hall–Kier alpha value is -1.75. The molecule has 0 fully saturated rings. The molecule has 0 aliphatic rings. The Kier molecular flexibility index (Phi) is 6.33. The van der Waals surface area contributed by atoms with Crippen LogP contribution in [0.4, 0.5) is 0 Å². The van der Waals surface area contributed by atoms with Crippen molar-refractivity contribution in [1.29, 1.82) is 0 Å². The van der Waals surface area contributed by atoms with Crippen LogP contribution >= 0.6 is 24.0 Å². The molecule has 134 valence electrons. The van der Waals surface area contributed by atoms with E-state index in [-0.39, 0.29) is 17.8 Å². The van der Waals surface area contributed by atoms with Crippen LogP contribution in [0.25, 0.3) is 21.9 Å². The number of halogens is 2. The highest BCUT2D eigenvalue weighted by molar-refractivity contribution is 6.31. The summed E-state index contributed by atoms with van der Waals surface area (Å²) in [5.41, 5.74) is 1.90. The van der Waals surface area contributed by atoms with E-state index in [1.807, 2.05) is 6.07 Å². The molecule has 0 radical (unpaired) electrons. The summed E-state index contributed by atoms with van der Waals surface area (Å²) in [5.74, 6) is 0.721. The third kappa shape index (κ3) is 3.61. The van der Waals surface area contributed by atoms with Gasteiger partial charge in [0.1, 0.15) is 16.9 Å². The summed E-state index contributed by atoms with van der Waals surface area (Å²) in [4.78, 5) is 15.1. The lowest BCUT2D eigenvalue weighted by Crippen LogP contribution is -2.22. The Morgan fingerprint density at radius 3 is 2.44 bits per heavy atom. The lowest BCUT2D eigenvalue weighted by Gasteiger charge is -2.20. The van der Waals surface area contributed by atoms with Gasteiger partial charge in [0.2, 0.25) is 5.43 Å². The molecule has 0 N–H and O–H groups in total. The number of benzene rings is 2. The topological polar surface area (TPSA) is 42.7 Å². The van der Waals surface area contributed by atoms with Crippen LogP contribution in [0.15, 0.2) is 39.5 Å². The van der Waals surface area contributed by atoms with E-state index in [9.17, 15) is 4.79 Å². The molecule has 0 atom stereocenters. The normalized spacial score (nSPS) is 11.1. The fourth-order valence-corrected chi connectivity index (χ4v) is 3.10. The standard InChI is InChI=1S/C19H20ClNO3.ClH/c1-4-21(5-2)11-15-16(23-3)9-8-14-18(22)13-7-6-12(20)10-17(13)24-19(14)15;/h6-10H,4-5,11H2,1-3H3;1H. The highest BCUT2D eigenvalue weighted by atomic mass is 35.5. The largest absolute Gasteiger partial charge is 0.496 e. The highest BCUT2D eigenvalue weighted by Gasteiger charge is 2.17. The molecule has 0 aliphatic carbocycles. The summed E-state index contributed by atoms with van der Waals surface area (Å²) in [7, 11) is 1.63. The van der Waals surface area contributed by atoms with E-state index in [1.54, 1.807) is 31.4 Å². The minimum atomic E-state index is -0.0497. The van der Waals surface area contributed by atoms with Crippen LogP contribution in [-0.2, 0) is 6.54 Å². The molecular formula is C19H21Cl2NO3. The first kappa shape index (κ1) is 19.6. The second kappa shape index (κ2) is 8.09. The van der Waals surface area contributed by atoms with Crippen molar-refractivity contribution in [3.8, 4) is 5.75 Å². The van der Waals surface area contributed by atoms with E-state index in [0.29, 0.717) is 33.5 Å². The first-order chi connectivity index (χ1) is 11.6. The molecule has 0 aliphatic heterocycles. The first-order valence-electron chi connectivity index (χ1n) is 8.03. The van der Waals surface area contributed by atoms with Gasteiger partial charge < -0.3 is 9.15 Å². The minimum absolute atomic E-state index is 0. The van der Waals surface area contributed by atoms with Gasteiger partial charge in [-0.3, -0.25) is 9.69 Å². The van der Waals surface area contributed by atoms with E-state index in [4.69, 9.17) is 20.8 Å². The summed E-state index contributed by atoms with van der Waals surface area (Å²) in [6, 6.07) is 8.68. The maximum atomic E-state index is 12.8. The molecular weight excluding hydrogens is 361 g/mol. The van der Waals surface area contributed by atoms with Gasteiger partial charge >= 0.3 is 0 Å². The van der Waals surface area contributed by atoms with E-state index in [0.717, 1.165) is 24.4 Å². The second-order valence-corrected chi connectivity index (χ2v) is 6.09. The summed E-state index contributed by atoms with van der Waals surface area (Å²) >= 11 is 6.05. The Morgan fingerprint density at radius 1 is 1.12 bits per heavy atom. The van der Waals surface area contributed by atoms with Gasteiger partial charge in [-0.2, -0.15) is 0 Å². The number of nitrogens with zero attached hydrogens (tertiary/aromatic N) is 1. The van der Waals surface area contributed by atoms with E-state index in [2.05, 4.69) is 18.7 Å². The number of rotatable bonds is 5. The van der Waals surface area contributed by atoms with Crippen molar-refractivity contribution in [2.45, 2.75) is 20.4 Å². The molecule has 4 nitrogen and oxygen atoms in total. The average Bonchev–Trinajstić information content (AvgIpc) is 2.59. The van der Waals surface area contributed by atoms with Crippen LogP contribution in [0, 0.1) is 0 Å². The Morgan fingerprint density at radius 2 is 1.80 bits per heavy atom. The first-order valence-corrected chi connectivity index (χ1v) is 8.41. The monoisotopic (exact) mass is 381 g/mol. The van der Waals surface area contributed by atoms with Crippen molar-refractivity contribution >= 4 is 45.9 Å². The van der Waals surface area contributed by atoms with Crippen LogP contribution in [0.1, 0.15) is 19.4 Å². The van der Waals surface area contributed by atoms with Crippen LogP contribution < -0.4 is 10.2 Å². The van der Waals surface area contributed by atoms with Crippen molar-refractivity contribution in [1.82, 2.24) is 4.90 Å². The molecule has 1 aromatic heterocycles. The van der Waals surface area contributed by atoms with Crippen molar-refractivity contribution in [3.05, 3.63) is 51.1 Å². The molecule has 3 aromatic rings. The molecule has 25 heavy (non-hydrogen) atoms. The fraction of sp³-hybridized carbons (Fsp3) is 0.316. The molecule has 1 heterocycles. The molecule has 0 saturated carbocycles. The van der Waals surface area contributed by atoms with Crippen LogP contribution in [0.3, 0.4) is 0 Å². The third-order valence-electron chi connectivity index (χ3n) is 4.36. The van der Waals surface area contributed by atoms with E-state index < -0.39 is 0 Å². The van der Waals surface area contributed by atoms with Gasteiger partial charge in [0.15, 0.2) is 0 Å². The second-order valence-electron chi connectivity index (χ2n) is 5.66. The number of methoxy groups -OCH3 is 1. The zero-order valence-corrected chi connectivity index (χ0v) is 16.0. The van der Waals surface area contributed by atoms with E-state index in [1.165, 1.54) is 0 Å². The van der Waals surface area contributed by atoms with Crippen molar-refractivity contribution < 1.29 is 9.15 Å². The highest BCUT2D eigenvalue weighted by Crippen LogP contribution is 2.30. The predicted molar refractivity (Wildman–Crippen MR) is 105 cm³/mol. The SMILES string of the molecule is CCN(CC)Cc1c(OC)ccc2c(=O)c3ccc(Cl)cc3oc12.Cl. The van der Waals surface area contributed by atoms with Crippen molar-refractivity contribution in [3.63, 3.8) is 0 Å².